The Morgan fingerprint density at radius 3 is 2.45 bits per heavy atom. The second-order valence-corrected chi connectivity index (χ2v) is 7.79. The molecule has 2 fully saturated rings. The molecule has 0 radical (unpaired) electrons. The van der Waals surface area contributed by atoms with Gasteiger partial charge in [-0.05, 0) is 44.7 Å². The van der Waals surface area contributed by atoms with Crippen molar-refractivity contribution in [3.63, 3.8) is 0 Å². The molecule has 4 heterocycles. The van der Waals surface area contributed by atoms with Crippen molar-refractivity contribution >= 4 is 17.8 Å². The minimum absolute atomic E-state index is 0.0563. The summed E-state index contributed by atoms with van der Waals surface area (Å²) >= 11 is 0. The third-order valence-electron chi connectivity index (χ3n) is 5.78. The number of piperidine rings is 1. The smallest absolute Gasteiger partial charge is 0.257 e. The second kappa shape index (κ2) is 8.14. The largest absolute Gasteiger partial charge is 0.368 e. The Balaban J connectivity index is 1.45. The molecule has 0 unspecified atom stereocenters. The number of amides is 2. The van der Waals surface area contributed by atoms with Crippen molar-refractivity contribution in [3.05, 3.63) is 47.0 Å². The van der Waals surface area contributed by atoms with E-state index in [2.05, 4.69) is 15.0 Å². The molecule has 2 aliphatic rings. The standard InChI is InChI=1S/C21H26N6O2/c1-14-17(12-24-21(22)25-14)20(29)27-10-4-5-16(13-27)18-7-6-15(11-23-18)19(28)26-8-2-3-9-26/h6-7,11-12,16H,2-5,8-10,13H2,1H3,(H2,22,24,25)/t16-/m0/s1. The Morgan fingerprint density at radius 1 is 1.00 bits per heavy atom. The summed E-state index contributed by atoms with van der Waals surface area (Å²) in [5.74, 6) is 0.302. The predicted octanol–water partition coefficient (Wildman–Crippen LogP) is 2.02. The number of hydrogen-bond donors (Lipinski definition) is 1. The van der Waals surface area contributed by atoms with Gasteiger partial charge in [-0.25, -0.2) is 9.97 Å². The Bertz CT molecular complexity index is 908. The van der Waals surface area contributed by atoms with Crippen molar-refractivity contribution in [1.29, 1.82) is 0 Å². The van der Waals surface area contributed by atoms with Crippen LogP contribution in [-0.4, -0.2) is 62.7 Å². The van der Waals surface area contributed by atoms with Crippen LogP contribution in [0.3, 0.4) is 0 Å². The third-order valence-corrected chi connectivity index (χ3v) is 5.78. The molecule has 0 saturated carbocycles. The van der Waals surface area contributed by atoms with Gasteiger partial charge in [0.2, 0.25) is 5.95 Å². The van der Waals surface area contributed by atoms with E-state index in [9.17, 15) is 9.59 Å². The molecule has 8 heteroatoms. The van der Waals surface area contributed by atoms with Gasteiger partial charge in [0.05, 0.1) is 16.8 Å². The summed E-state index contributed by atoms with van der Waals surface area (Å²) in [6.45, 7) is 4.72. The third kappa shape index (κ3) is 4.06. The Morgan fingerprint density at radius 2 is 1.76 bits per heavy atom. The lowest BCUT2D eigenvalue weighted by Gasteiger charge is -2.32. The maximum Gasteiger partial charge on any atom is 0.257 e. The maximum atomic E-state index is 12.9. The summed E-state index contributed by atoms with van der Waals surface area (Å²) < 4.78 is 0. The van der Waals surface area contributed by atoms with Crippen LogP contribution in [0.4, 0.5) is 5.95 Å². The number of aryl methyl sites for hydroxylation is 1. The van der Waals surface area contributed by atoms with Crippen molar-refractivity contribution < 1.29 is 9.59 Å². The van der Waals surface area contributed by atoms with Gasteiger partial charge in [0, 0.05) is 50.2 Å². The highest BCUT2D eigenvalue weighted by Gasteiger charge is 2.28. The summed E-state index contributed by atoms with van der Waals surface area (Å²) in [5, 5.41) is 0. The normalized spacial score (nSPS) is 19.4. The number of pyridine rings is 1. The van der Waals surface area contributed by atoms with Gasteiger partial charge < -0.3 is 15.5 Å². The van der Waals surface area contributed by atoms with Crippen LogP contribution in [0, 0.1) is 6.92 Å². The number of nitrogen functional groups attached to an aromatic ring is 1. The first kappa shape index (κ1) is 19.3. The first-order chi connectivity index (χ1) is 14.0. The first-order valence-electron chi connectivity index (χ1n) is 10.2. The number of nitrogens with two attached hydrogens (primary N) is 1. The number of hydrogen-bond acceptors (Lipinski definition) is 6. The Labute approximate surface area is 170 Å². The zero-order valence-electron chi connectivity index (χ0n) is 16.7. The van der Waals surface area contributed by atoms with Crippen LogP contribution in [0.2, 0.25) is 0 Å². The van der Waals surface area contributed by atoms with Crippen LogP contribution >= 0.6 is 0 Å². The number of likely N-dealkylation sites (tertiary alicyclic amines) is 2. The van der Waals surface area contributed by atoms with E-state index in [1.807, 2.05) is 21.9 Å². The Hall–Kier alpha value is -3.03. The molecule has 0 aliphatic carbocycles. The Kier molecular flexibility index (Phi) is 5.42. The van der Waals surface area contributed by atoms with E-state index in [-0.39, 0.29) is 23.7 Å². The fraction of sp³-hybridized carbons (Fsp3) is 0.476. The highest BCUT2D eigenvalue weighted by Crippen LogP contribution is 2.27. The quantitative estimate of drug-likeness (QED) is 0.854. The van der Waals surface area contributed by atoms with E-state index in [0.29, 0.717) is 29.9 Å². The molecule has 29 heavy (non-hydrogen) atoms. The van der Waals surface area contributed by atoms with Gasteiger partial charge in [-0.15, -0.1) is 0 Å². The van der Waals surface area contributed by atoms with Gasteiger partial charge in [0.25, 0.3) is 11.8 Å². The van der Waals surface area contributed by atoms with Crippen molar-refractivity contribution in [2.45, 2.75) is 38.5 Å². The van der Waals surface area contributed by atoms with Crippen molar-refractivity contribution in [3.8, 4) is 0 Å². The van der Waals surface area contributed by atoms with Gasteiger partial charge in [0.15, 0.2) is 0 Å². The molecule has 1 atom stereocenters. The zero-order chi connectivity index (χ0) is 20.4. The van der Waals surface area contributed by atoms with E-state index < -0.39 is 0 Å². The van der Waals surface area contributed by atoms with E-state index in [1.165, 1.54) is 6.20 Å². The van der Waals surface area contributed by atoms with Gasteiger partial charge in [-0.3, -0.25) is 14.6 Å². The molecule has 2 amide bonds. The van der Waals surface area contributed by atoms with E-state index >= 15 is 0 Å². The van der Waals surface area contributed by atoms with Gasteiger partial charge >= 0.3 is 0 Å². The van der Waals surface area contributed by atoms with Gasteiger partial charge in [-0.1, -0.05) is 0 Å². The molecule has 0 bridgehead atoms. The lowest BCUT2D eigenvalue weighted by Crippen LogP contribution is -2.39. The predicted molar refractivity (Wildman–Crippen MR) is 108 cm³/mol. The highest BCUT2D eigenvalue weighted by atomic mass is 16.2. The zero-order valence-corrected chi connectivity index (χ0v) is 16.7. The minimum atomic E-state index is -0.0759. The van der Waals surface area contributed by atoms with Crippen LogP contribution < -0.4 is 5.73 Å². The molecular formula is C21H26N6O2. The molecule has 0 aromatic carbocycles. The fourth-order valence-electron chi connectivity index (χ4n) is 4.14. The van der Waals surface area contributed by atoms with Crippen LogP contribution in [0.1, 0.15) is 63.7 Å². The molecule has 2 aromatic rings. The average Bonchev–Trinajstić information content (AvgIpc) is 3.28. The maximum absolute atomic E-state index is 12.9. The van der Waals surface area contributed by atoms with E-state index in [4.69, 9.17) is 5.73 Å². The molecule has 2 aliphatic heterocycles. The number of anilines is 1. The molecule has 152 valence electrons. The number of aromatic nitrogens is 3. The molecule has 2 N–H and O–H groups in total. The first-order valence-corrected chi connectivity index (χ1v) is 10.2. The van der Waals surface area contributed by atoms with Crippen molar-refractivity contribution in [1.82, 2.24) is 24.8 Å². The lowest BCUT2D eigenvalue weighted by atomic mass is 9.93. The molecule has 2 aromatic heterocycles. The second-order valence-electron chi connectivity index (χ2n) is 7.79. The number of nitrogens with zero attached hydrogens (tertiary/aromatic N) is 5. The van der Waals surface area contributed by atoms with Crippen LogP contribution in [-0.2, 0) is 0 Å². The van der Waals surface area contributed by atoms with Crippen molar-refractivity contribution in [2.75, 3.05) is 31.9 Å². The monoisotopic (exact) mass is 394 g/mol. The summed E-state index contributed by atoms with van der Waals surface area (Å²) in [6.07, 6.45) is 7.19. The molecule has 8 nitrogen and oxygen atoms in total. The minimum Gasteiger partial charge on any atom is -0.368 e. The number of rotatable bonds is 3. The van der Waals surface area contributed by atoms with Gasteiger partial charge in [-0.2, -0.15) is 0 Å². The SMILES string of the molecule is Cc1nc(N)ncc1C(=O)N1CCC[C@H](c2ccc(C(=O)N3CCCC3)cn2)C1. The average molecular weight is 394 g/mol. The van der Waals surface area contributed by atoms with Crippen molar-refractivity contribution in [2.24, 2.45) is 0 Å². The summed E-state index contributed by atoms with van der Waals surface area (Å²) in [6, 6.07) is 3.79. The summed E-state index contributed by atoms with van der Waals surface area (Å²) in [5.41, 5.74) is 8.23. The lowest BCUT2D eigenvalue weighted by molar-refractivity contribution is 0.0704. The fourth-order valence-corrected chi connectivity index (χ4v) is 4.14. The molecule has 0 spiro atoms. The van der Waals surface area contributed by atoms with E-state index in [1.54, 1.807) is 13.1 Å². The highest BCUT2D eigenvalue weighted by molar-refractivity contribution is 5.95. The molecule has 4 rings (SSSR count). The number of carbonyl (C=O) groups excluding carboxylic acids is 2. The van der Waals surface area contributed by atoms with Gasteiger partial charge in [0.1, 0.15) is 0 Å². The molecular weight excluding hydrogens is 368 g/mol. The van der Waals surface area contributed by atoms with Crippen LogP contribution in [0.25, 0.3) is 0 Å². The topological polar surface area (TPSA) is 105 Å². The van der Waals surface area contributed by atoms with Crippen LogP contribution in [0.15, 0.2) is 24.5 Å². The van der Waals surface area contributed by atoms with Crippen LogP contribution in [0.5, 0.6) is 0 Å². The molecule has 2 saturated heterocycles. The van der Waals surface area contributed by atoms with E-state index in [0.717, 1.165) is 44.5 Å². The number of carbonyl (C=O) groups is 2. The summed E-state index contributed by atoms with van der Waals surface area (Å²) in [4.78, 5) is 41.8. The summed E-state index contributed by atoms with van der Waals surface area (Å²) in [7, 11) is 0.